The van der Waals surface area contributed by atoms with Crippen molar-refractivity contribution in [2.75, 3.05) is 6.54 Å². The number of nitrogens with zero attached hydrogens (tertiary/aromatic N) is 3. The van der Waals surface area contributed by atoms with Gasteiger partial charge in [-0.15, -0.1) is 5.10 Å². The average molecular weight is 430 g/mol. The molecule has 0 saturated carbocycles. The van der Waals surface area contributed by atoms with Crippen LogP contribution < -0.4 is 10.5 Å². The first-order chi connectivity index (χ1) is 14.2. The molecule has 158 valence electrons. The van der Waals surface area contributed by atoms with E-state index in [1.807, 2.05) is 30.3 Å². The standard InChI is InChI=1S/C20H23N5O4S/c1-14(20(26)27)22-12-17(11-15-5-3-2-4-6-15)25-13-19(23-24-25)16-7-9-18(10-8-16)30(21,28)29/h2-10,13-14,17,22H,11-12H2,1H3,(H,26,27)(H2,21,28,29)/t14?,17-/m0/s1. The summed E-state index contributed by atoms with van der Waals surface area (Å²) in [7, 11) is -3.76. The number of aromatic nitrogens is 3. The van der Waals surface area contributed by atoms with Crippen LogP contribution in [0, 0.1) is 0 Å². The van der Waals surface area contributed by atoms with E-state index in [-0.39, 0.29) is 10.9 Å². The van der Waals surface area contributed by atoms with Gasteiger partial charge in [0.15, 0.2) is 0 Å². The monoisotopic (exact) mass is 429 g/mol. The van der Waals surface area contributed by atoms with Gasteiger partial charge >= 0.3 is 5.97 Å². The van der Waals surface area contributed by atoms with Crippen LogP contribution in [0.4, 0.5) is 0 Å². The van der Waals surface area contributed by atoms with Crippen LogP contribution in [0.25, 0.3) is 11.3 Å². The summed E-state index contributed by atoms with van der Waals surface area (Å²) < 4.78 is 24.5. The fraction of sp³-hybridized carbons (Fsp3) is 0.250. The highest BCUT2D eigenvalue weighted by molar-refractivity contribution is 7.89. The lowest BCUT2D eigenvalue weighted by Gasteiger charge is -2.19. The lowest BCUT2D eigenvalue weighted by Crippen LogP contribution is -2.38. The van der Waals surface area contributed by atoms with E-state index in [4.69, 9.17) is 10.2 Å². The number of rotatable bonds is 9. The average Bonchev–Trinajstić information content (AvgIpc) is 3.21. The molecule has 0 radical (unpaired) electrons. The van der Waals surface area contributed by atoms with Crippen LogP contribution in [0.15, 0.2) is 65.7 Å². The minimum atomic E-state index is -3.76. The molecule has 0 aliphatic carbocycles. The van der Waals surface area contributed by atoms with E-state index < -0.39 is 22.0 Å². The van der Waals surface area contributed by atoms with Crippen molar-refractivity contribution in [3.8, 4) is 11.3 Å². The molecule has 1 unspecified atom stereocenters. The first-order valence-corrected chi connectivity index (χ1v) is 10.8. The Morgan fingerprint density at radius 3 is 2.43 bits per heavy atom. The zero-order valence-corrected chi connectivity index (χ0v) is 17.2. The molecule has 3 rings (SSSR count). The number of primary sulfonamides is 1. The molecule has 1 heterocycles. The third kappa shape index (κ3) is 5.50. The number of nitrogens with one attached hydrogen (secondary N) is 1. The maximum Gasteiger partial charge on any atom is 0.320 e. The molecular formula is C20H23N5O4S. The largest absolute Gasteiger partial charge is 0.480 e. The molecule has 2 atom stereocenters. The lowest BCUT2D eigenvalue weighted by molar-refractivity contribution is -0.139. The Labute approximate surface area is 174 Å². The predicted octanol–water partition coefficient (Wildman–Crippen LogP) is 1.44. The second kappa shape index (κ2) is 9.16. The minimum Gasteiger partial charge on any atom is -0.480 e. The van der Waals surface area contributed by atoms with Gasteiger partial charge in [-0.05, 0) is 31.0 Å². The molecule has 0 amide bonds. The van der Waals surface area contributed by atoms with Gasteiger partial charge in [-0.25, -0.2) is 18.2 Å². The van der Waals surface area contributed by atoms with Gasteiger partial charge in [0, 0.05) is 12.1 Å². The molecule has 0 fully saturated rings. The molecule has 0 aliphatic heterocycles. The molecule has 30 heavy (non-hydrogen) atoms. The quantitative estimate of drug-likeness (QED) is 0.467. The molecule has 0 aliphatic rings. The van der Waals surface area contributed by atoms with Crippen LogP contribution in [-0.4, -0.2) is 47.1 Å². The van der Waals surface area contributed by atoms with E-state index in [0.29, 0.717) is 24.2 Å². The minimum absolute atomic E-state index is 0.0208. The summed E-state index contributed by atoms with van der Waals surface area (Å²) >= 11 is 0. The molecule has 3 aromatic rings. The van der Waals surface area contributed by atoms with Crippen molar-refractivity contribution < 1.29 is 18.3 Å². The van der Waals surface area contributed by atoms with Gasteiger partial charge in [0.1, 0.15) is 11.7 Å². The van der Waals surface area contributed by atoms with Crippen molar-refractivity contribution in [2.45, 2.75) is 30.3 Å². The number of benzene rings is 2. The summed E-state index contributed by atoms with van der Waals surface area (Å²) in [5.74, 6) is -0.928. The molecule has 9 nitrogen and oxygen atoms in total. The number of hydrogen-bond acceptors (Lipinski definition) is 6. The highest BCUT2D eigenvalue weighted by Crippen LogP contribution is 2.21. The SMILES string of the molecule is CC(NC[C@H](Cc1ccccc1)n1cc(-c2ccc(S(N)(=O)=O)cc2)nn1)C(=O)O. The molecule has 10 heteroatoms. The zero-order valence-electron chi connectivity index (χ0n) is 16.3. The van der Waals surface area contributed by atoms with E-state index in [0.717, 1.165) is 5.56 Å². The number of sulfonamides is 1. The summed E-state index contributed by atoms with van der Waals surface area (Å²) in [6.45, 7) is 1.97. The van der Waals surface area contributed by atoms with E-state index >= 15 is 0 Å². The second-order valence-corrected chi connectivity index (χ2v) is 8.53. The van der Waals surface area contributed by atoms with Crippen LogP contribution in [0.2, 0.25) is 0 Å². The van der Waals surface area contributed by atoms with Crippen molar-refractivity contribution in [2.24, 2.45) is 5.14 Å². The lowest BCUT2D eigenvalue weighted by atomic mass is 10.1. The summed E-state index contributed by atoms with van der Waals surface area (Å²) in [6.07, 6.45) is 2.39. The molecule has 0 spiro atoms. The van der Waals surface area contributed by atoms with Crippen molar-refractivity contribution in [1.29, 1.82) is 0 Å². The van der Waals surface area contributed by atoms with Gasteiger partial charge in [0.25, 0.3) is 0 Å². The topological polar surface area (TPSA) is 140 Å². The third-order valence-electron chi connectivity index (χ3n) is 4.71. The summed E-state index contributed by atoms with van der Waals surface area (Å²) in [5, 5.41) is 25.7. The number of carboxylic acids is 1. The van der Waals surface area contributed by atoms with Crippen LogP contribution in [0.3, 0.4) is 0 Å². The third-order valence-corrected chi connectivity index (χ3v) is 5.64. The Morgan fingerprint density at radius 2 is 1.83 bits per heavy atom. The van der Waals surface area contributed by atoms with Crippen molar-refractivity contribution in [1.82, 2.24) is 20.3 Å². The van der Waals surface area contributed by atoms with Crippen molar-refractivity contribution in [3.05, 3.63) is 66.4 Å². The molecular weight excluding hydrogens is 406 g/mol. The summed E-state index contributed by atoms with van der Waals surface area (Å²) in [6, 6.07) is 15.0. The maximum atomic E-state index is 11.4. The smallest absolute Gasteiger partial charge is 0.320 e. The number of carbonyl (C=O) groups is 1. The Hall–Kier alpha value is -3.08. The molecule has 0 saturated heterocycles. The van der Waals surface area contributed by atoms with Gasteiger partial charge in [-0.2, -0.15) is 0 Å². The number of carboxylic acid groups (broad SMARTS) is 1. The number of aliphatic carboxylic acids is 1. The Kier molecular flexibility index (Phi) is 6.60. The number of nitrogens with two attached hydrogens (primary N) is 1. The van der Waals surface area contributed by atoms with Crippen LogP contribution in [0.5, 0.6) is 0 Å². The second-order valence-electron chi connectivity index (χ2n) is 6.96. The van der Waals surface area contributed by atoms with E-state index in [2.05, 4.69) is 15.6 Å². The fourth-order valence-electron chi connectivity index (χ4n) is 2.95. The van der Waals surface area contributed by atoms with E-state index in [9.17, 15) is 13.2 Å². The van der Waals surface area contributed by atoms with Crippen LogP contribution in [0.1, 0.15) is 18.5 Å². The molecule has 2 aromatic carbocycles. The Bertz CT molecular complexity index is 1100. The van der Waals surface area contributed by atoms with Crippen molar-refractivity contribution in [3.63, 3.8) is 0 Å². The molecule has 4 N–H and O–H groups in total. The van der Waals surface area contributed by atoms with E-state index in [1.165, 1.54) is 12.1 Å². The highest BCUT2D eigenvalue weighted by Gasteiger charge is 2.18. The Balaban J connectivity index is 1.83. The van der Waals surface area contributed by atoms with Crippen molar-refractivity contribution >= 4 is 16.0 Å². The van der Waals surface area contributed by atoms with Gasteiger partial charge in [-0.3, -0.25) is 4.79 Å². The molecule has 0 bridgehead atoms. The first-order valence-electron chi connectivity index (χ1n) is 9.29. The molecule has 1 aromatic heterocycles. The summed E-state index contributed by atoms with van der Waals surface area (Å²) in [5.41, 5.74) is 2.35. The first kappa shape index (κ1) is 21.6. The predicted molar refractivity (Wildman–Crippen MR) is 111 cm³/mol. The number of hydrogen-bond donors (Lipinski definition) is 3. The fourth-order valence-corrected chi connectivity index (χ4v) is 3.46. The van der Waals surface area contributed by atoms with Gasteiger partial charge < -0.3 is 10.4 Å². The maximum absolute atomic E-state index is 11.4. The van der Waals surface area contributed by atoms with Gasteiger partial charge in [-0.1, -0.05) is 47.7 Å². The highest BCUT2D eigenvalue weighted by atomic mass is 32.2. The summed E-state index contributed by atoms with van der Waals surface area (Å²) in [4.78, 5) is 11.2. The Morgan fingerprint density at radius 1 is 1.17 bits per heavy atom. The van der Waals surface area contributed by atoms with E-state index in [1.54, 1.807) is 29.9 Å². The van der Waals surface area contributed by atoms with Gasteiger partial charge in [0.05, 0.1) is 17.1 Å². The van der Waals surface area contributed by atoms with Crippen LogP contribution in [-0.2, 0) is 21.2 Å². The van der Waals surface area contributed by atoms with Gasteiger partial charge in [0.2, 0.25) is 10.0 Å². The normalized spacial score (nSPS) is 13.7. The van der Waals surface area contributed by atoms with Crippen LogP contribution >= 0.6 is 0 Å². The zero-order chi connectivity index (χ0) is 21.7.